The van der Waals surface area contributed by atoms with E-state index in [2.05, 4.69) is 18.3 Å². The topological polar surface area (TPSA) is 65.4 Å². The van der Waals surface area contributed by atoms with Crippen LogP contribution in [0.25, 0.3) is 0 Å². The quantitative estimate of drug-likeness (QED) is 0.918. The minimum absolute atomic E-state index is 0.216. The summed E-state index contributed by atoms with van der Waals surface area (Å²) < 4.78 is 5.43. The number of nitrogens with one attached hydrogen (secondary N) is 1. The van der Waals surface area contributed by atoms with E-state index in [1.54, 1.807) is 4.90 Å². The summed E-state index contributed by atoms with van der Waals surface area (Å²) >= 11 is 0. The lowest BCUT2D eigenvalue weighted by atomic mass is 10.0. The molecule has 24 heavy (non-hydrogen) atoms. The van der Waals surface area contributed by atoms with Crippen molar-refractivity contribution in [2.75, 3.05) is 19.6 Å². The van der Waals surface area contributed by atoms with Gasteiger partial charge in [-0.25, -0.2) is 4.79 Å². The number of carbonyl (C=O) groups excluding carboxylic acids is 1. The first kappa shape index (κ1) is 18.3. The summed E-state index contributed by atoms with van der Waals surface area (Å²) in [5.41, 5.74) is 1.39. The highest BCUT2D eigenvalue weighted by molar-refractivity contribution is 5.68. The van der Waals surface area contributed by atoms with Crippen LogP contribution in [0.5, 0.6) is 0 Å². The Morgan fingerprint density at radius 1 is 1.42 bits per heavy atom. The molecule has 5 heteroatoms. The summed E-state index contributed by atoms with van der Waals surface area (Å²) in [6, 6.07) is 10.00. The molecule has 0 aliphatic carbocycles. The molecule has 1 aliphatic heterocycles. The van der Waals surface area contributed by atoms with Crippen LogP contribution < -0.4 is 5.32 Å². The molecule has 1 amide bonds. The van der Waals surface area contributed by atoms with E-state index in [0.29, 0.717) is 11.5 Å². The van der Waals surface area contributed by atoms with Crippen molar-refractivity contribution in [1.82, 2.24) is 10.2 Å². The van der Waals surface area contributed by atoms with E-state index < -0.39 is 5.60 Å². The maximum absolute atomic E-state index is 12.1. The number of hydrogen-bond acceptors (Lipinski definition) is 4. The first-order valence-corrected chi connectivity index (χ1v) is 8.50. The van der Waals surface area contributed by atoms with Gasteiger partial charge in [0.2, 0.25) is 0 Å². The Kier molecular flexibility index (Phi) is 5.84. The van der Waals surface area contributed by atoms with Gasteiger partial charge in [-0.05, 0) is 57.7 Å². The summed E-state index contributed by atoms with van der Waals surface area (Å²) in [7, 11) is 0. The average molecular weight is 329 g/mol. The fraction of sp³-hybridized carbons (Fsp3) is 0.579. The molecule has 1 aromatic rings. The van der Waals surface area contributed by atoms with E-state index >= 15 is 0 Å². The number of nitriles is 1. The van der Waals surface area contributed by atoms with Crippen molar-refractivity contribution in [1.29, 1.82) is 5.26 Å². The molecule has 1 heterocycles. The van der Waals surface area contributed by atoms with E-state index in [4.69, 9.17) is 10.00 Å². The number of amides is 1. The largest absolute Gasteiger partial charge is 0.444 e. The number of benzene rings is 1. The fourth-order valence-electron chi connectivity index (χ4n) is 2.80. The highest BCUT2D eigenvalue weighted by atomic mass is 16.6. The van der Waals surface area contributed by atoms with Gasteiger partial charge < -0.3 is 15.0 Å². The van der Waals surface area contributed by atoms with Crippen molar-refractivity contribution in [3.05, 3.63) is 35.4 Å². The van der Waals surface area contributed by atoms with Gasteiger partial charge in [-0.1, -0.05) is 12.1 Å². The summed E-state index contributed by atoms with van der Waals surface area (Å²) in [5.74, 6) is 0.443. The Labute approximate surface area is 144 Å². The van der Waals surface area contributed by atoms with Crippen LogP contribution in [0.3, 0.4) is 0 Å². The number of ether oxygens (including phenoxy) is 1. The number of carbonyl (C=O) groups is 1. The Hall–Kier alpha value is -2.06. The molecule has 2 atom stereocenters. The molecule has 1 fully saturated rings. The number of likely N-dealkylation sites (tertiary alicyclic amines) is 1. The molecule has 2 unspecified atom stereocenters. The van der Waals surface area contributed by atoms with Crippen molar-refractivity contribution >= 4 is 6.09 Å². The minimum atomic E-state index is -0.447. The highest BCUT2D eigenvalue weighted by Gasteiger charge is 2.29. The molecule has 0 radical (unpaired) electrons. The second-order valence-electron chi connectivity index (χ2n) is 7.44. The molecule has 1 aliphatic rings. The van der Waals surface area contributed by atoms with Crippen molar-refractivity contribution in [3.8, 4) is 6.07 Å². The monoisotopic (exact) mass is 329 g/mol. The molecular formula is C19H27N3O2. The zero-order valence-electron chi connectivity index (χ0n) is 15.0. The van der Waals surface area contributed by atoms with Crippen LogP contribution in [-0.4, -0.2) is 36.2 Å². The lowest BCUT2D eigenvalue weighted by Crippen LogP contribution is -2.36. The molecule has 2 rings (SSSR count). The normalized spacial score (nSPS) is 19.0. The highest BCUT2D eigenvalue weighted by Crippen LogP contribution is 2.20. The van der Waals surface area contributed by atoms with E-state index in [1.165, 1.54) is 0 Å². The zero-order valence-corrected chi connectivity index (χ0v) is 15.0. The Balaban J connectivity index is 1.79. The fourth-order valence-corrected chi connectivity index (χ4v) is 2.80. The summed E-state index contributed by atoms with van der Waals surface area (Å²) in [4.78, 5) is 13.9. The number of rotatable bonds is 4. The molecular weight excluding hydrogens is 302 g/mol. The second kappa shape index (κ2) is 7.67. The van der Waals surface area contributed by atoms with E-state index in [-0.39, 0.29) is 12.1 Å². The molecule has 0 spiro atoms. The van der Waals surface area contributed by atoms with Gasteiger partial charge >= 0.3 is 6.09 Å². The maximum Gasteiger partial charge on any atom is 0.410 e. The predicted molar refractivity (Wildman–Crippen MR) is 93.5 cm³/mol. The smallest absolute Gasteiger partial charge is 0.410 e. The zero-order chi connectivity index (χ0) is 17.7. The Morgan fingerprint density at radius 2 is 2.08 bits per heavy atom. The Bertz CT molecular complexity index is 599. The van der Waals surface area contributed by atoms with E-state index in [0.717, 1.165) is 31.6 Å². The number of hydrogen-bond donors (Lipinski definition) is 1. The molecule has 1 saturated heterocycles. The molecule has 0 aromatic heterocycles. The SMILES string of the molecule is CC(NCC1CCN(C(=O)OC(C)(C)C)C1)c1ccc(C#N)cc1. The third-order valence-electron chi connectivity index (χ3n) is 4.19. The number of nitrogens with zero attached hydrogens (tertiary/aromatic N) is 2. The van der Waals surface area contributed by atoms with Crippen LogP contribution >= 0.6 is 0 Å². The third kappa shape index (κ3) is 5.24. The summed E-state index contributed by atoms with van der Waals surface area (Å²) in [5, 5.41) is 12.4. The van der Waals surface area contributed by atoms with Crippen LogP contribution in [0.15, 0.2) is 24.3 Å². The first-order chi connectivity index (χ1) is 11.3. The minimum Gasteiger partial charge on any atom is -0.444 e. The van der Waals surface area contributed by atoms with Gasteiger partial charge in [0.25, 0.3) is 0 Å². The van der Waals surface area contributed by atoms with Gasteiger partial charge in [0.05, 0.1) is 11.6 Å². The van der Waals surface area contributed by atoms with Crippen LogP contribution in [0.2, 0.25) is 0 Å². The van der Waals surface area contributed by atoms with Crippen molar-refractivity contribution in [2.24, 2.45) is 5.92 Å². The third-order valence-corrected chi connectivity index (χ3v) is 4.19. The van der Waals surface area contributed by atoms with Gasteiger partial charge in [-0.2, -0.15) is 5.26 Å². The van der Waals surface area contributed by atoms with Crippen LogP contribution in [0.4, 0.5) is 4.79 Å². The first-order valence-electron chi connectivity index (χ1n) is 8.50. The van der Waals surface area contributed by atoms with Crippen molar-refractivity contribution < 1.29 is 9.53 Å². The van der Waals surface area contributed by atoms with E-state index in [1.807, 2.05) is 45.0 Å². The molecule has 130 valence electrons. The predicted octanol–water partition coefficient (Wildman–Crippen LogP) is 3.47. The second-order valence-corrected chi connectivity index (χ2v) is 7.44. The van der Waals surface area contributed by atoms with E-state index in [9.17, 15) is 4.79 Å². The lowest BCUT2D eigenvalue weighted by Gasteiger charge is -2.24. The molecule has 0 saturated carbocycles. The molecule has 0 bridgehead atoms. The molecule has 1 aromatic carbocycles. The van der Waals surface area contributed by atoms with Gasteiger partial charge in [0.1, 0.15) is 5.60 Å². The van der Waals surface area contributed by atoms with Gasteiger partial charge in [-0.3, -0.25) is 0 Å². The van der Waals surface area contributed by atoms with Crippen LogP contribution in [0.1, 0.15) is 51.3 Å². The van der Waals surface area contributed by atoms with Gasteiger partial charge in [-0.15, -0.1) is 0 Å². The molecule has 5 nitrogen and oxygen atoms in total. The standard InChI is InChI=1S/C19H27N3O2/c1-14(17-7-5-15(11-20)6-8-17)21-12-16-9-10-22(13-16)18(23)24-19(2,3)4/h5-8,14,16,21H,9-10,12-13H2,1-4H3. The van der Waals surface area contributed by atoms with Crippen LogP contribution in [-0.2, 0) is 4.74 Å². The van der Waals surface area contributed by atoms with Crippen LogP contribution in [0, 0.1) is 17.2 Å². The summed E-state index contributed by atoms with van der Waals surface area (Å²) in [6.45, 7) is 10.1. The summed E-state index contributed by atoms with van der Waals surface area (Å²) in [6.07, 6.45) is 0.775. The lowest BCUT2D eigenvalue weighted by molar-refractivity contribution is 0.0288. The van der Waals surface area contributed by atoms with Gasteiger partial charge in [0.15, 0.2) is 0 Å². The Morgan fingerprint density at radius 3 is 2.67 bits per heavy atom. The van der Waals surface area contributed by atoms with Gasteiger partial charge in [0, 0.05) is 25.7 Å². The average Bonchev–Trinajstić information content (AvgIpc) is 3.00. The maximum atomic E-state index is 12.1. The molecule has 1 N–H and O–H groups in total. The van der Waals surface area contributed by atoms with Crippen molar-refractivity contribution in [3.63, 3.8) is 0 Å². The van der Waals surface area contributed by atoms with Crippen molar-refractivity contribution in [2.45, 2.75) is 45.8 Å².